The van der Waals surface area contributed by atoms with E-state index in [4.69, 9.17) is 0 Å². The van der Waals surface area contributed by atoms with Gasteiger partial charge in [0.05, 0.1) is 11.4 Å². The van der Waals surface area contributed by atoms with Crippen molar-refractivity contribution < 1.29 is 13.2 Å². The van der Waals surface area contributed by atoms with E-state index in [1.165, 1.54) is 11.1 Å². The Morgan fingerprint density at radius 3 is 2.29 bits per heavy atom. The summed E-state index contributed by atoms with van der Waals surface area (Å²) in [5, 5.41) is 2.95. The molecular weight excluding hydrogens is 448 g/mol. The third-order valence-electron chi connectivity index (χ3n) is 6.76. The van der Waals surface area contributed by atoms with Gasteiger partial charge in [-0.2, -0.15) is 4.31 Å². The van der Waals surface area contributed by atoms with Gasteiger partial charge in [0.25, 0.3) is 0 Å². The zero-order valence-corrected chi connectivity index (χ0v) is 21.1. The normalized spacial score (nSPS) is 18.6. The largest absolute Gasteiger partial charge is 0.325 e. The van der Waals surface area contributed by atoms with Gasteiger partial charge in [-0.05, 0) is 49.9 Å². The van der Waals surface area contributed by atoms with Crippen LogP contribution >= 0.6 is 0 Å². The van der Waals surface area contributed by atoms with Crippen LogP contribution in [-0.2, 0) is 21.4 Å². The number of nitrogens with one attached hydrogen (secondary N) is 1. The zero-order chi connectivity index (χ0) is 24.1. The molecule has 2 saturated heterocycles. The average molecular weight is 485 g/mol. The van der Waals surface area contributed by atoms with E-state index < -0.39 is 10.0 Å². The molecule has 0 radical (unpaired) electrons. The Bertz CT molecular complexity index is 1100. The highest BCUT2D eigenvalue weighted by molar-refractivity contribution is 7.89. The van der Waals surface area contributed by atoms with Crippen molar-refractivity contribution in [3.63, 3.8) is 0 Å². The van der Waals surface area contributed by atoms with Gasteiger partial charge in [-0.1, -0.05) is 42.3 Å². The quantitative estimate of drug-likeness (QED) is 0.653. The molecule has 2 aromatic carbocycles. The minimum absolute atomic E-state index is 0.109. The van der Waals surface area contributed by atoms with Crippen LogP contribution in [0.3, 0.4) is 0 Å². The van der Waals surface area contributed by atoms with Crippen LogP contribution in [0.1, 0.15) is 36.0 Å². The lowest BCUT2D eigenvalue weighted by Crippen LogP contribution is -2.48. The third kappa shape index (κ3) is 6.24. The molecule has 2 fully saturated rings. The molecule has 1 N–H and O–H groups in total. The summed E-state index contributed by atoms with van der Waals surface area (Å²) in [5.41, 5.74) is 4.02. The first-order chi connectivity index (χ1) is 16.3. The van der Waals surface area contributed by atoms with E-state index in [0.29, 0.717) is 25.3 Å². The van der Waals surface area contributed by atoms with Crippen LogP contribution in [0.15, 0.2) is 47.4 Å². The van der Waals surface area contributed by atoms with E-state index in [1.54, 1.807) is 22.5 Å². The molecule has 0 aromatic heterocycles. The number of sulfonamides is 1. The fraction of sp³-hybridized carbons (Fsp3) is 0.500. The molecule has 4 rings (SSSR count). The first-order valence-corrected chi connectivity index (χ1v) is 13.7. The molecule has 0 atom stereocenters. The molecule has 7 nitrogen and oxygen atoms in total. The van der Waals surface area contributed by atoms with E-state index in [1.807, 2.05) is 6.92 Å². The average Bonchev–Trinajstić information content (AvgIpc) is 2.82. The lowest BCUT2D eigenvalue weighted by molar-refractivity contribution is -0.117. The van der Waals surface area contributed by atoms with Crippen molar-refractivity contribution >= 4 is 21.6 Å². The number of piperazine rings is 1. The summed E-state index contributed by atoms with van der Waals surface area (Å²) in [6.07, 6.45) is 2.86. The van der Waals surface area contributed by atoms with Crippen LogP contribution in [0.2, 0.25) is 0 Å². The van der Waals surface area contributed by atoms with Crippen LogP contribution < -0.4 is 5.32 Å². The topological polar surface area (TPSA) is 73.0 Å². The maximum atomic E-state index is 13.0. The van der Waals surface area contributed by atoms with Gasteiger partial charge in [0.15, 0.2) is 0 Å². The number of nitrogens with zero attached hydrogens (tertiary/aromatic N) is 3. The molecule has 0 saturated carbocycles. The zero-order valence-electron chi connectivity index (χ0n) is 20.3. The standard InChI is InChI=1S/C26H36N4O3S/c1-21-7-6-8-23(17-21)19-28-13-15-29(16-14-28)20-26(31)27-25-18-24(10-9-22(25)2)34(32,33)30-11-4-3-5-12-30/h6-10,17-18H,3-5,11-16,19-20H2,1-2H3,(H,27,31). The van der Waals surface area contributed by atoms with E-state index in [0.717, 1.165) is 57.5 Å². The minimum Gasteiger partial charge on any atom is -0.325 e. The van der Waals surface area contributed by atoms with E-state index in [-0.39, 0.29) is 10.8 Å². The van der Waals surface area contributed by atoms with Crippen molar-refractivity contribution in [3.8, 4) is 0 Å². The summed E-state index contributed by atoms with van der Waals surface area (Å²) in [6.45, 7) is 9.87. The molecule has 2 aromatic rings. The summed E-state index contributed by atoms with van der Waals surface area (Å²) in [6, 6.07) is 13.6. The lowest BCUT2D eigenvalue weighted by atomic mass is 10.1. The highest BCUT2D eigenvalue weighted by Gasteiger charge is 2.27. The maximum absolute atomic E-state index is 13.0. The van der Waals surface area contributed by atoms with Crippen molar-refractivity contribution in [1.82, 2.24) is 14.1 Å². The Kier molecular flexibility index (Phi) is 8.03. The van der Waals surface area contributed by atoms with E-state index >= 15 is 0 Å². The SMILES string of the molecule is Cc1cccc(CN2CCN(CC(=O)Nc3cc(S(=O)(=O)N4CCCCC4)ccc3C)CC2)c1. The Morgan fingerprint density at radius 2 is 1.59 bits per heavy atom. The van der Waals surface area contributed by atoms with Crippen LogP contribution in [0.5, 0.6) is 0 Å². The van der Waals surface area contributed by atoms with Crippen molar-refractivity contribution in [3.05, 3.63) is 59.2 Å². The van der Waals surface area contributed by atoms with Gasteiger partial charge in [0.2, 0.25) is 15.9 Å². The Balaban J connectivity index is 1.31. The van der Waals surface area contributed by atoms with Crippen LogP contribution in [0, 0.1) is 13.8 Å². The Hall–Kier alpha value is -2.26. The summed E-state index contributed by atoms with van der Waals surface area (Å²) < 4.78 is 27.6. The fourth-order valence-corrected chi connectivity index (χ4v) is 6.26. The number of amides is 1. The predicted octanol–water partition coefficient (Wildman–Crippen LogP) is 3.23. The number of aryl methyl sites for hydroxylation is 2. The van der Waals surface area contributed by atoms with Gasteiger partial charge in [0.1, 0.15) is 0 Å². The number of benzene rings is 2. The number of rotatable bonds is 7. The smallest absolute Gasteiger partial charge is 0.243 e. The number of hydrogen-bond acceptors (Lipinski definition) is 5. The molecule has 8 heteroatoms. The highest BCUT2D eigenvalue weighted by Crippen LogP contribution is 2.25. The molecule has 34 heavy (non-hydrogen) atoms. The molecule has 2 aliphatic heterocycles. The molecule has 0 bridgehead atoms. The number of hydrogen-bond donors (Lipinski definition) is 1. The second-order valence-corrected chi connectivity index (χ2v) is 11.5. The van der Waals surface area contributed by atoms with Crippen LogP contribution in [-0.4, -0.2) is 74.2 Å². The number of carbonyl (C=O) groups excluding carboxylic acids is 1. The van der Waals surface area contributed by atoms with E-state index in [2.05, 4.69) is 46.3 Å². The van der Waals surface area contributed by atoms with Gasteiger partial charge in [-0.3, -0.25) is 14.6 Å². The molecule has 184 valence electrons. The number of anilines is 1. The molecule has 0 aliphatic carbocycles. The monoisotopic (exact) mass is 484 g/mol. The van der Waals surface area contributed by atoms with E-state index in [9.17, 15) is 13.2 Å². The van der Waals surface area contributed by atoms with Crippen molar-refractivity contribution in [2.45, 2.75) is 44.6 Å². The molecule has 0 spiro atoms. The number of piperidine rings is 1. The molecule has 1 amide bonds. The third-order valence-corrected chi connectivity index (χ3v) is 8.65. The van der Waals surface area contributed by atoms with Crippen molar-refractivity contribution in [1.29, 1.82) is 0 Å². The van der Waals surface area contributed by atoms with Gasteiger partial charge in [-0.15, -0.1) is 0 Å². The molecule has 2 heterocycles. The highest BCUT2D eigenvalue weighted by atomic mass is 32.2. The summed E-state index contributed by atoms with van der Waals surface area (Å²) in [7, 11) is -3.53. The first-order valence-electron chi connectivity index (χ1n) is 12.2. The second-order valence-electron chi connectivity index (χ2n) is 9.53. The van der Waals surface area contributed by atoms with Crippen molar-refractivity contribution in [2.75, 3.05) is 51.1 Å². The first kappa shape index (κ1) is 24.9. The minimum atomic E-state index is -3.53. The Morgan fingerprint density at radius 1 is 0.882 bits per heavy atom. The summed E-state index contributed by atoms with van der Waals surface area (Å²) in [5.74, 6) is -0.109. The van der Waals surface area contributed by atoms with Gasteiger partial charge >= 0.3 is 0 Å². The van der Waals surface area contributed by atoms with Gasteiger partial charge in [-0.25, -0.2) is 8.42 Å². The summed E-state index contributed by atoms with van der Waals surface area (Å²) in [4.78, 5) is 17.6. The van der Waals surface area contributed by atoms with Gasteiger partial charge < -0.3 is 5.32 Å². The predicted molar refractivity (Wildman–Crippen MR) is 135 cm³/mol. The molecule has 0 unspecified atom stereocenters. The van der Waals surface area contributed by atoms with Crippen molar-refractivity contribution in [2.24, 2.45) is 0 Å². The molecular formula is C26H36N4O3S. The Labute approximate surface area is 203 Å². The van der Waals surface area contributed by atoms with Crippen LogP contribution in [0.4, 0.5) is 5.69 Å². The second kappa shape index (κ2) is 11.0. The maximum Gasteiger partial charge on any atom is 0.243 e. The number of carbonyl (C=O) groups is 1. The van der Waals surface area contributed by atoms with Gasteiger partial charge in [0, 0.05) is 51.5 Å². The summed E-state index contributed by atoms with van der Waals surface area (Å²) >= 11 is 0. The fourth-order valence-electron chi connectivity index (χ4n) is 4.72. The molecule has 2 aliphatic rings. The lowest BCUT2D eigenvalue weighted by Gasteiger charge is -2.34. The van der Waals surface area contributed by atoms with Crippen LogP contribution in [0.25, 0.3) is 0 Å².